The van der Waals surface area contributed by atoms with Crippen LogP contribution in [0, 0.1) is 0 Å². The van der Waals surface area contributed by atoms with Crippen LogP contribution in [-0.2, 0) is 0 Å². The molecule has 0 aliphatic heterocycles. The number of aromatic nitrogens is 2. The van der Waals surface area contributed by atoms with E-state index < -0.39 is 0 Å². The van der Waals surface area contributed by atoms with Gasteiger partial charge in [0.25, 0.3) is 0 Å². The van der Waals surface area contributed by atoms with Gasteiger partial charge in [0.05, 0.1) is 12.8 Å². The highest BCUT2D eigenvalue weighted by molar-refractivity contribution is 8.03. The van der Waals surface area contributed by atoms with Crippen molar-refractivity contribution in [3.05, 3.63) is 76.8 Å². The van der Waals surface area contributed by atoms with Crippen LogP contribution < -0.4 is 4.74 Å². The summed E-state index contributed by atoms with van der Waals surface area (Å²) < 4.78 is 5.28. The lowest BCUT2D eigenvalue weighted by molar-refractivity contribution is 0.415. The van der Waals surface area contributed by atoms with Crippen molar-refractivity contribution >= 4 is 34.4 Å². The van der Waals surface area contributed by atoms with E-state index in [2.05, 4.69) is 40.3 Å². The standard InChI is InChI=1S/C21H17ClN2OS.C2H6/c1-25-16-10-7-14(8-11-16)19-20(18-6-3-13-23-21(18)24-19)26-17-5-2-4-15(22)9-12-17;1-2/h2-4,6-13H,5H2,1H3,(H,23,24);1-2H3. The molecule has 1 aliphatic rings. The number of halogens is 1. The molecule has 0 saturated carbocycles. The first-order valence-electron chi connectivity index (χ1n) is 9.26. The molecule has 1 N–H and O–H groups in total. The molecular weight excluding hydrogens is 388 g/mol. The van der Waals surface area contributed by atoms with Crippen molar-refractivity contribution in [2.75, 3.05) is 7.11 Å². The van der Waals surface area contributed by atoms with Gasteiger partial charge in [0.15, 0.2) is 0 Å². The van der Waals surface area contributed by atoms with Crippen molar-refractivity contribution in [3.63, 3.8) is 0 Å². The number of allylic oxidation sites excluding steroid dienone is 6. The molecule has 0 bridgehead atoms. The van der Waals surface area contributed by atoms with Gasteiger partial charge in [-0.1, -0.05) is 49.4 Å². The van der Waals surface area contributed by atoms with Crippen LogP contribution in [0.4, 0.5) is 0 Å². The Morgan fingerprint density at radius 1 is 1.11 bits per heavy atom. The van der Waals surface area contributed by atoms with Gasteiger partial charge in [0, 0.05) is 21.5 Å². The van der Waals surface area contributed by atoms with Gasteiger partial charge in [0.2, 0.25) is 0 Å². The van der Waals surface area contributed by atoms with E-state index in [1.54, 1.807) is 25.1 Å². The number of nitrogens with zero attached hydrogens (tertiary/aromatic N) is 1. The Labute approximate surface area is 175 Å². The second-order valence-electron chi connectivity index (χ2n) is 5.85. The van der Waals surface area contributed by atoms with E-state index in [0.29, 0.717) is 0 Å². The fourth-order valence-electron chi connectivity index (χ4n) is 2.86. The SMILES string of the molecule is CC.COc1ccc(-c2[nH]c3ncccc3c2SC2=CC=C(Cl)C=CC2)cc1. The molecule has 0 fully saturated rings. The largest absolute Gasteiger partial charge is 0.497 e. The molecule has 2 heterocycles. The number of benzene rings is 1. The van der Waals surface area contributed by atoms with Crippen LogP contribution in [0.15, 0.2) is 81.7 Å². The highest BCUT2D eigenvalue weighted by Crippen LogP contribution is 2.42. The zero-order chi connectivity index (χ0) is 19.9. The molecule has 0 unspecified atom stereocenters. The lowest BCUT2D eigenvalue weighted by Crippen LogP contribution is -1.84. The molecule has 0 atom stereocenters. The Kier molecular flexibility index (Phi) is 7.01. The summed E-state index contributed by atoms with van der Waals surface area (Å²) >= 11 is 7.86. The first-order chi connectivity index (χ1) is 13.7. The van der Waals surface area contributed by atoms with Gasteiger partial charge in [-0.05, 0) is 65.4 Å². The van der Waals surface area contributed by atoms with Gasteiger partial charge in [-0.25, -0.2) is 4.98 Å². The fraction of sp³-hybridized carbons (Fsp3) is 0.174. The highest BCUT2D eigenvalue weighted by Gasteiger charge is 2.16. The monoisotopic (exact) mass is 410 g/mol. The summed E-state index contributed by atoms with van der Waals surface area (Å²) in [5, 5.41) is 1.86. The third-order valence-electron chi connectivity index (χ3n) is 4.16. The van der Waals surface area contributed by atoms with Crippen LogP contribution in [0.25, 0.3) is 22.3 Å². The summed E-state index contributed by atoms with van der Waals surface area (Å²) in [6.45, 7) is 4.00. The predicted octanol–water partition coefficient (Wildman–Crippen LogP) is 7.32. The predicted molar refractivity (Wildman–Crippen MR) is 121 cm³/mol. The van der Waals surface area contributed by atoms with Gasteiger partial charge in [0.1, 0.15) is 11.4 Å². The molecule has 0 amide bonds. The molecule has 28 heavy (non-hydrogen) atoms. The molecule has 0 radical (unpaired) electrons. The number of H-pyrrole nitrogens is 1. The molecular formula is C23H23ClN2OS. The van der Waals surface area contributed by atoms with E-state index in [-0.39, 0.29) is 0 Å². The Balaban J connectivity index is 0.00000109. The quantitative estimate of drug-likeness (QED) is 0.489. The summed E-state index contributed by atoms with van der Waals surface area (Å²) in [5.74, 6) is 0.841. The maximum Gasteiger partial charge on any atom is 0.138 e. The minimum absolute atomic E-state index is 0.747. The number of methoxy groups -OCH3 is 1. The second-order valence-corrected chi connectivity index (χ2v) is 7.42. The van der Waals surface area contributed by atoms with Crippen molar-refractivity contribution < 1.29 is 4.74 Å². The Morgan fingerprint density at radius 3 is 2.64 bits per heavy atom. The van der Waals surface area contributed by atoms with Crippen molar-refractivity contribution in [1.29, 1.82) is 0 Å². The van der Waals surface area contributed by atoms with Crippen LogP contribution in [0.5, 0.6) is 5.75 Å². The van der Waals surface area contributed by atoms with Gasteiger partial charge < -0.3 is 9.72 Å². The molecule has 1 aliphatic carbocycles. The number of fused-ring (bicyclic) bond motifs is 1. The van der Waals surface area contributed by atoms with E-state index in [4.69, 9.17) is 16.3 Å². The summed E-state index contributed by atoms with van der Waals surface area (Å²) in [7, 11) is 1.67. The molecule has 1 aromatic carbocycles. The van der Waals surface area contributed by atoms with Gasteiger partial charge >= 0.3 is 0 Å². The average Bonchev–Trinajstić information content (AvgIpc) is 2.98. The summed E-state index contributed by atoms with van der Waals surface area (Å²) in [6.07, 6.45) is 10.7. The zero-order valence-corrected chi connectivity index (χ0v) is 17.8. The van der Waals surface area contributed by atoms with Gasteiger partial charge in [-0.2, -0.15) is 0 Å². The molecule has 5 heteroatoms. The minimum Gasteiger partial charge on any atom is -0.497 e. The number of ether oxygens (including phenoxy) is 1. The molecule has 2 aromatic heterocycles. The zero-order valence-electron chi connectivity index (χ0n) is 16.2. The molecule has 4 rings (SSSR count). The smallest absolute Gasteiger partial charge is 0.138 e. The number of thioether (sulfide) groups is 1. The van der Waals surface area contributed by atoms with E-state index in [1.807, 2.05) is 44.2 Å². The Hall–Kier alpha value is -2.43. The van der Waals surface area contributed by atoms with Gasteiger partial charge in [-0.3, -0.25) is 0 Å². The Bertz CT molecular complexity index is 1030. The Morgan fingerprint density at radius 2 is 1.89 bits per heavy atom. The van der Waals surface area contributed by atoms with E-state index in [9.17, 15) is 0 Å². The number of rotatable bonds is 4. The summed E-state index contributed by atoms with van der Waals surface area (Å²) in [6, 6.07) is 12.1. The van der Waals surface area contributed by atoms with E-state index in [1.165, 1.54) is 9.80 Å². The minimum atomic E-state index is 0.747. The van der Waals surface area contributed by atoms with Crippen molar-refractivity contribution in [2.24, 2.45) is 0 Å². The van der Waals surface area contributed by atoms with Crippen molar-refractivity contribution in [1.82, 2.24) is 9.97 Å². The van der Waals surface area contributed by atoms with Gasteiger partial charge in [-0.15, -0.1) is 0 Å². The van der Waals surface area contributed by atoms with Crippen LogP contribution in [0.2, 0.25) is 0 Å². The van der Waals surface area contributed by atoms with Crippen LogP contribution >= 0.6 is 23.4 Å². The number of aromatic amines is 1. The van der Waals surface area contributed by atoms with Crippen molar-refractivity contribution in [2.45, 2.75) is 25.2 Å². The first-order valence-corrected chi connectivity index (χ1v) is 10.5. The average molecular weight is 411 g/mol. The fourth-order valence-corrected chi connectivity index (χ4v) is 4.13. The molecule has 0 spiro atoms. The first kappa shape index (κ1) is 20.3. The van der Waals surface area contributed by atoms with Crippen molar-refractivity contribution in [3.8, 4) is 17.0 Å². The normalized spacial score (nSPS) is 13.3. The second kappa shape index (κ2) is 9.67. The summed E-state index contributed by atoms with van der Waals surface area (Å²) in [4.78, 5) is 10.4. The van der Waals surface area contributed by atoms with Crippen LogP contribution in [-0.4, -0.2) is 17.1 Å². The molecule has 3 aromatic rings. The number of pyridine rings is 1. The van der Waals surface area contributed by atoms with Crippen LogP contribution in [0.1, 0.15) is 20.3 Å². The molecule has 3 nitrogen and oxygen atoms in total. The third-order valence-corrected chi connectivity index (χ3v) is 5.60. The van der Waals surface area contributed by atoms with E-state index >= 15 is 0 Å². The van der Waals surface area contributed by atoms with Crippen LogP contribution in [0.3, 0.4) is 0 Å². The maximum atomic E-state index is 6.11. The third kappa shape index (κ3) is 4.51. The summed E-state index contributed by atoms with van der Waals surface area (Å²) in [5.41, 5.74) is 3.05. The maximum absolute atomic E-state index is 6.11. The highest BCUT2D eigenvalue weighted by atomic mass is 35.5. The number of hydrogen-bond donors (Lipinski definition) is 1. The lowest BCUT2D eigenvalue weighted by atomic mass is 10.1. The van der Waals surface area contributed by atoms with E-state index in [0.717, 1.165) is 39.5 Å². The lowest BCUT2D eigenvalue weighted by Gasteiger charge is -2.07. The molecule has 144 valence electrons. The number of hydrogen-bond acceptors (Lipinski definition) is 3. The number of nitrogens with one attached hydrogen (secondary N) is 1. The topological polar surface area (TPSA) is 37.9 Å². The molecule has 0 saturated heterocycles.